The fraction of sp³-hybridized carbons (Fsp3) is 0.571. The highest BCUT2D eigenvalue weighted by Crippen LogP contribution is 2.35. The summed E-state index contributed by atoms with van der Waals surface area (Å²) in [5, 5.41) is 3.66. The summed E-state index contributed by atoms with van der Waals surface area (Å²) < 4.78 is 0. The van der Waals surface area contributed by atoms with Gasteiger partial charge >= 0.3 is 0 Å². The molecule has 82 valence electrons. The summed E-state index contributed by atoms with van der Waals surface area (Å²) >= 11 is 0. The number of benzene rings is 1. The highest BCUT2D eigenvalue weighted by Gasteiger charge is 2.26. The molecule has 1 heteroatoms. The van der Waals surface area contributed by atoms with E-state index >= 15 is 0 Å². The molecular formula is C14H21N. The van der Waals surface area contributed by atoms with Crippen LogP contribution in [-0.2, 0) is 0 Å². The third-order valence-corrected chi connectivity index (χ3v) is 3.57. The van der Waals surface area contributed by atoms with E-state index in [-0.39, 0.29) is 0 Å². The van der Waals surface area contributed by atoms with Crippen molar-refractivity contribution in [3.63, 3.8) is 0 Å². The first-order valence-electron chi connectivity index (χ1n) is 6.06. The van der Waals surface area contributed by atoms with Crippen LogP contribution in [0.5, 0.6) is 0 Å². The molecule has 0 spiro atoms. The van der Waals surface area contributed by atoms with E-state index in [2.05, 4.69) is 50.4 Å². The Morgan fingerprint density at radius 1 is 1.27 bits per heavy atom. The molecule has 0 aromatic heterocycles. The molecule has 2 atom stereocenters. The van der Waals surface area contributed by atoms with Gasteiger partial charge in [0.2, 0.25) is 0 Å². The molecule has 1 aliphatic rings. The molecule has 1 N–H and O–H groups in total. The van der Waals surface area contributed by atoms with Crippen LogP contribution in [0.25, 0.3) is 0 Å². The van der Waals surface area contributed by atoms with Gasteiger partial charge in [0.25, 0.3) is 0 Å². The minimum atomic E-state index is 0.566. The molecular weight excluding hydrogens is 182 g/mol. The molecule has 2 rings (SSSR count). The topological polar surface area (TPSA) is 12.0 Å². The normalized spacial score (nSPS) is 25.3. The Labute approximate surface area is 92.9 Å². The monoisotopic (exact) mass is 203 g/mol. The van der Waals surface area contributed by atoms with Gasteiger partial charge in [0, 0.05) is 12.6 Å². The van der Waals surface area contributed by atoms with Crippen molar-refractivity contribution < 1.29 is 0 Å². The third-order valence-electron chi connectivity index (χ3n) is 3.57. The zero-order valence-corrected chi connectivity index (χ0v) is 9.96. The molecule has 0 aliphatic carbocycles. The van der Waals surface area contributed by atoms with E-state index in [1.807, 2.05) is 0 Å². The van der Waals surface area contributed by atoms with Crippen molar-refractivity contribution in [3.8, 4) is 0 Å². The van der Waals surface area contributed by atoms with Crippen LogP contribution >= 0.6 is 0 Å². The summed E-state index contributed by atoms with van der Waals surface area (Å²) in [6.45, 7) is 8.02. The Kier molecular flexibility index (Phi) is 3.11. The van der Waals surface area contributed by atoms with Gasteiger partial charge in [0.05, 0.1) is 0 Å². The van der Waals surface area contributed by atoms with E-state index in [0.29, 0.717) is 12.0 Å². The van der Waals surface area contributed by atoms with E-state index in [1.165, 1.54) is 12.0 Å². The second kappa shape index (κ2) is 4.36. The standard InChI is InChI=1S/C14H21N/c1-4-14-12-8-6-5-7-11(12)13(9-15-14)10(2)3/h5-8,10,13-15H,4,9H2,1-3H3. The smallest absolute Gasteiger partial charge is 0.0320 e. The zero-order chi connectivity index (χ0) is 10.8. The van der Waals surface area contributed by atoms with Gasteiger partial charge in [-0.15, -0.1) is 0 Å². The predicted molar refractivity (Wildman–Crippen MR) is 65.1 cm³/mol. The maximum atomic E-state index is 3.66. The fourth-order valence-electron chi connectivity index (χ4n) is 2.61. The Hall–Kier alpha value is -0.820. The molecule has 15 heavy (non-hydrogen) atoms. The molecule has 1 heterocycles. The van der Waals surface area contributed by atoms with Crippen LogP contribution < -0.4 is 5.32 Å². The summed E-state index contributed by atoms with van der Waals surface area (Å²) in [6, 6.07) is 9.49. The molecule has 1 aliphatic heterocycles. The van der Waals surface area contributed by atoms with Crippen molar-refractivity contribution >= 4 is 0 Å². The van der Waals surface area contributed by atoms with Gasteiger partial charge in [0.1, 0.15) is 0 Å². The van der Waals surface area contributed by atoms with Crippen molar-refractivity contribution in [1.29, 1.82) is 0 Å². The average Bonchev–Trinajstić information content (AvgIpc) is 2.27. The van der Waals surface area contributed by atoms with Gasteiger partial charge in [-0.25, -0.2) is 0 Å². The van der Waals surface area contributed by atoms with Gasteiger partial charge in [-0.05, 0) is 29.4 Å². The molecule has 0 bridgehead atoms. The highest BCUT2D eigenvalue weighted by atomic mass is 14.9. The Balaban J connectivity index is 2.39. The number of hydrogen-bond acceptors (Lipinski definition) is 1. The number of nitrogens with one attached hydrogen (secondary N) is 1. The van der Waals surface area contributed by atoms with Crippen LogP contribution in [0.2, 0.25) is 0 Å². The Bertz CT molecular complexity index is 330. The van der Waals surface area contributed by atoms with Crippen LogP contribution in [0.1, 0.15) is 50.3 Å². The lowest BCUT2D eigenvalue weighted by atomic mass is 9.80. The maximum Gasteiger partial charge on any atom is 0.0320 e. The van der Waals surface area contributed by atoms with Gasteiger partial charge < -0.3 is 5.32 Å². The molecule has 0 fully saturated rings. The largest absolute Gasteiger partial charge is 0.309 e. The first kappa shape index (κ1) is 10.7. The van der Waals surface area contributed by atoms with Crippen LogP contribution in [0, 0.1) is 5.92 Å². The molecule has 0 saturated carbocycles. The summed E-state index contributed by atoms with van der Waals surface area (Å²) in [6.07, 6.45) is 1.18. The minimum absolute atomic E-state index is 0.566. The third kappa shape index (κ3) is 1.93. The SMILES string of the molecule is CCC1NCC(C(C)C)c2ccccc21. The first-order chi connectivity index (χ1) is 7.24. The Morgan fingerprint density at radius 3 is 2.53 bits per heavy atom. The van der Waals surface area contributed by atoms with Gasteiger partial charge in [0.15, 0.2) is 0 Å². The fourth-order valence-corrected chi connectivity index (χ4v) is 2.61. The van der Waals surface area contributed by atoms with Crippen molar-refractivity contribution in [2.45, 2.75) is 39.2 Å². The zero-order valence-electron chi connectivity index (χ0n) is 9.96. The number of rotatable bonds is 2. The van der Waals surface area contributed by atoms with Crippen LogP contribution in [0.4, 0.5) is 0 Å². The minimum Gasteiger partial charge on any atom is -0.309 e. The summed E-state index contributed by atoms with van der Waals surface area (Å²) in [4.78, 5) is 0. The molecule has 0 radical (unpaired) electrons. The van der Waals surface area contributed by atoms with Crippen molar-refractivity contribution in [1.82, 2.24) is 5.32 Å². The molecule has 0 saturated heterocycles. The van der Waals surface area contributed by atoms with Gasteiger partial charge in [-0.3, -0.25) is 0 Å². The van der Waals surface area contributed by atoms with Gasteiger partial charge in [-0.2, -0.15) is 0 Å². The maximum absolute atomic E-state index is 3.66. The summed E-state index contributed by atoms with van der Waals surface area (Å²) in [5.74, 6) is 1.40. The Morgan fingerprint density at radius 2 is 1.93 bits per heavy atom. The molecule has 1 nitrogen and oxygen atoms in total. The predicted octanol–water partition coefficient (Wildman–Crippen LogP) is 3.48. The lowest BCUT2D eigenvalue weighted by Crippen LogP contribution is -2.34. The quantitative estimate of drug-likeness (QED) is 0.776. The van der Waals surface area contributed by atoms with Crippen LogP contribution in [-0.4, -0.2) is 6.54 Å². The lowest BCUT2D eigenvalue weighted by molar-refractivity contribution is 0.386. The molecule has 0 amide bonds. The number of hydrogen-bond donors (Lipinski definition) is 1. The van der Waals surface area contributed by atoms with E-state index in [1.54, 1.807) is 5.56 Å². The van der Waals surface area contributed by atoms with E-state index in [4.69, 9.17) is 0 Å². The van der Waals surface area contributed by atoms with Crippen LogP contribution in [0.3, 0.4) is 0 Å². The molecule has 2 unspecified atom stereocenters. The van der Waals surface area contributed by atoms with Crippen molar-refractivity contribution in [2.24, 2.45) is 5.92 Å². The first-order valence-corrected chi connectivity index (χ1v) is 6.06. The second-order valence-electron chi connectivity index (χ2n) is 4.85. The average molecular weight is 203 g/mol. The second-order valence-corrected chi connectivity index (χ2v) is 4.85. The van der Waals surface area contributed by atoms with E-state index in [0.717, 1.165) is 12.5 Å². The van der Waals surface area contributed by atoms with E-state index in [9.17, 15) is 0 Å². The summed E-state index contributed by atoms with van der Waals surface area (Å²) in [7, 11) is 0. The van der Waals surface area contributed by atoms with Gasteiger partial charge in [-0.1, -0.05) is 45.0 Å². The highest BCUT2D eigenvalue weighted by molar-refractivity contribution is 5.35. The lowest BCUT2D eigenvalue weighted by Gasteiger charge is -2.34. The van der Waals surface area contributed by atoms with Crippen LogP contribution in [0.15, 0.2) is 24.3 Å². The van der Waals surface area contributed by atoms with Crippen molar-refractivity contribution in [3.05, 3.63) is 35.4 Å². The van der Waals surface area contributed by atoms with E-state index < -0.39 is 0 Å². The van der Waals surface area contributed by atoms with Crippen molar-refractivity contribution in [2.75, 3.05) is 6.54 Å². The number of fused-ring (bicyclic) bond motifs is 1. The molecule has 1 aromatic carbocycles. The summed E-state index contributed by atoms with van der Waals surface area (Å²) in [5.41, 5.74) is 3.09. The molecule has 1 aromatic rings.